The maximum absolute atomic E-state index is 12.8. The molecule has 2 fully saturated rings. The number of anilines is 1. The maximum atomic E-state index is 12.8. The maximum Gasteiger partial charge on any atom is 0.298 e. The van der Waals surface area contributed by atoms with E-state index in [0.717, 1.165) is 48.3 Å². The third-order valence-electron chi connectivity index (χ3n) is 5.59. The van der Waals surface area contributed by atoms with Crippen molar-refractivity contribution in [1.82, 2.24) is 4.57 Å². The average Bonchev–Trinajstić information content (AvgIpc) is 3.31. The lowest BCUT2D eigenvalue weighted by molar-refractivity contribution is -0.00832. The molecule has 1 aliphatic heterocycles. The molecular formula is C19H23FN2O2. The molecule has 1 aromatic heterocycles. The molecule has 1 saturated heterocycles. The minimum Gasteiger partial charge on any atom is -0.371 e. The van der Waals surface area contributed by atoms with Crippen LogP contribution in [0.3, 0.4) is 0 Å². The smallest absolute Gasteiger partial charge is 0.298 e. The van der Waals surface area contributed by atoms with Gasteiger partial charge in [-0.15, -0.1) is 0 Å². The molecule has 1 atom stereocenters. The third kappa shape index (κ3) is 2.38. The van der Waals surface area contributed by atoms with E-state index in [-0.39, 0.29) is 17.4 Å². The Morgan fingerprint density at radius 2 is 2.08 bits per heavy atom. The van der Waals surface area contributed by atoms with E-state index in [1.54, 1.807) is 4.57 Å². The highest BCUT2D eigenvalue weighted by atomic mass is 19.3. The van der Waals surface area contributed by atoms with Gasteiger partial charge in [0.2, 0.25) is 5.75 Å². The molecule has 1 aromatic carbocycles. The van der Waals surface area contributed by atoms with Gasteiger partial charge in [0.25, 0.3) is 5.56 Å². The summed E-state index contributed by atoms with van der Waals surface area (Å²) in [5.74, 6) is 0.529. The van der Waals surface area contributed by atoms with Crippen molar-refractivity contribution < 1.29 is 9.47 Å². The average molecular weight is 330 g/mol. The van der Waals surface area contributed by atoms with Crippen molar-refractivity contribution in [3.63, 3.8) is 0 Å². The van der Waals surface area contributed by atoms with Crippen molar-refractivity contribution in [2.45, 2.75) is 45.6 Å². The monoisotopic (exact) mass is 330 g/mol. The van der Waals surface area contributed by atoms with Crippen LogP contribution in [0.15, 0.2) is 23.0 Å². The van der Waals surface area contributed by atoms with Gasteiger partial charge >= 0.3 is 0 Å². The number of rotatable bonds is 4. The van der Waals surface area contributed by atoms with E-state index >= 15 is 0 Å². The zero-order valence-electron chi connectivity index (χ0n) is 14.2. The van der Waals surface area contributed by atoms with Crippen LogP contribution in [0, 0.1) is 12.8 Å². The molecule has 1 aliphatic carbocycles. The van der Waals surface area contributed by atoms with Crippen molar-refractivity contribution in [2.24, 2.45) is 5.92 Å². The van der Waals surface area contributed by atoms with Gasteiger partial charge in [-0.3, -0.25) is 9.74 Å². The molecule has 0 amide bonds. The fourth-order valence-corrected chi connectivity index (χ4v) is 4.03. The number of aromatic nitrogens is 1. The molecule has 1 unspecified atom stereocenters. The first-order valence-corrected chi connectivity index (χ1v) is 8.86. The summed E-state index contributed by atoms with van der Waals surface area (Å²) in [7, 11) is 0. The van der Waals surface area contributed by atoms with E-state index in [9.17, 15) is 9.32 Å². The molecule has 4 nitrogen and oxygen atoms in total. The van der Waals surface area contributed by atoms with Crippen molar-refractivity contribution in [3.8, 4) is 5.75 Å². The predicted octanol–water partition coefficient (Wildman–Crippen LogP) is 4.14. The van der Waals surface area contributed by atoms with E-state index in [4.69, 9.17) is 0 Å². The summed E-state index contributed by atoms with van der Waals surface area (Å²) >= 11 is 0. The summed E-state index contributed by atoms with van der Waals surface area (Å²) < 4.78 is 14.5. The zero-order chi connectivity index (χ0) is 16.8. The molecule has 0 radical (unpaired) electrons. The third-order valence-corrected chi connectivity index (χ3v) is 5.59. The summed E-state index contributed by atoms with van der Waals surface area (Å²) in [6.45, 7) is 6.45. The Bertz CT molecular complexity index is 841. The topological polar surface area (TPSA) is 34.5 Å². The van der Waals surface area contributed by atoms with Crippen molar-refractivity contribution in [3.05, 3.63) is 34.1 Å². The molecule has 2 aromatic rings. The lowest BCUT2D eigenvalue weighted by atomic mass is 10.1. The van der Waals surface area contributed by atoms with Gasteiger partial charge in [-0.2, -0.15) is 0 Å². The number of fused-ring (bicyclic) bond motifs is 1. The van der Waals surface area contributed by atoms with Crippen molar-refractivity contribution in [1.29, 1.82) is 0 Å². The fraction of sp³-hybridized carbons (Fsp3) is 0.526. The van der Waals surface area contributed by atoms with E-state index in [2.05, 4.69) is 29.8 Å². The minimum absolute atomic E-state index is 0.172. The predicted molar refractivity (Wildman–Crippen MR) is 93.6 cm³/mol. The van der Waals surface area contributed by atoms with Gasteiger partial charge in [-0.25, -0.2) is 0 Å². The van der Waals surface area contributed by atoms with Gasteiger partial charge in [0.15, 0.2) is 0 Å². The summed E-state index contributed by atoms with van der Waals surface area (Å²) in [6.07, 6.45) is 4.36. The van der Waals surface area contributed by atoms with Crippen LogP contribution in [0.25, 0.3) is 10.9 Å². The quantitative estimate of drug-likeness (QED) is 0.845. The molecule has 0 spiro atoms. The summed E-state index contributed by atoms with van der Waals surface area (Å²) in [5, 5.41) is 0.863. The molecule has 5 heteroatoms. The van der Waals surface area contributed by atoms with Crippen LogP contribution in [-0.4, -0.2) is 17.7 Å². The highest BCUT2D eigenvalue weighted by Gasteiger charge is 2.30. The Morgan fingerprint density at radius 1 is 1.29 bits per heavy atom. The lowest BCUT2D eigenvalue weighted by Crippen LogP contribution is -2.23. The molecule has 0 N–H and O–H groups in total. The van der Waals surface area contributed by atoms with Gasteiger partial charge in [-0.05, 0) is 49.8 Å². The van der Waals surface area contributed by atoms with Crippen molar-refractivity contribution in [2.75, 3.05) is 18.0 Å². The zero-order valence-corrected chi connectivity index (χ0v) is 14.2. The molecular weight excluding hydrogens is 307 g/mol. The molecule has 24 heavy (non-hydrogen) atoms. The van der Waals surface area contributed by atoms with Crippen LogP contribution in [-0.2, 0) is 0 Å². The number of nitrogens with zero attached hydrogens (tertiary/aromatic N) is 2. The SMILES string of the molecule is CCC1CCN(c2ccc3cc(OF)c(=O)n(C4CC4)c3c2C)C1. The fourth-order valence-electron chi connectivity index (χ4n) is 4.03. The largest absolute Gasteiger partial charge is 0.371 e. The Balaban J connectivity index is 1.89. The highest BCUT2D eigenvalue weighted by Crippen LogP contribution is 2.40. The molecule has 4 rings (SSSR count). The molecule has 2 aliphatic rings. The first-order chi connectivity index (χ1) is 11.6. The van der Waals surface area contributed by atoms with E-state index in [1.807, 2.05) is 6.07 Å². The van der Waals surface area contributed by atoms with E-state index < -0.39 is 0 Å². The second-order valence-corrected chi connectivity index (χ2v) is 7.15. The number of halogens is 1. The number of benzene rings is 1. The summed E-state index contributed by atoms with van der Waals surface area (Å²) in [6, 6.07) is 5.77. The van der Waals surface area contributed by atoms with Crippen LogP contribution < -0.4 is 15.4 Å². The first-order valence-electron chi connectivity index (χ1n) is 8.86. The highest BCUT2D eigenvalue weighted by molar-refractivity contribution is 5.88. The number of hydrogen-bond acceptors (Lipinski definition) is 3. The summed E-state index contributed by atoms with van der Waals surface area (Å²) in [5.41, 5.74) is 2.88. The first kappa shape index (κ1) is 15.5. The summed E-state index contributed by atoms with van der Waals surface area (Å²) in [4.78, 5) is 18.8. The lowest BCUT2D eigenvalue weighted by Gasteiger charge is -2.23. The Morgan fingerprint density at radius 3 is 2.71 bits per heavy atom. The Hall–Kier alpha value is -2.04. The molecule has 1 saturated carbocycles. The van der Waals surface area contributed by atoms with Gasteiger partial charge < -0.3 is 9.47 Å². The minimum atomic E-state index is -0.361. The number of hydrogen-bond donors (Lipinski definition) is 0. The van der Waals surface area contributed by atoms with Crippen LogP contribution in [0.5, 0.6) is 5.75 Å². The molecule has 128 valence electrons. The number of aryl methyl sites for hydroxylation is 1. The van der Waals surface area contributed by atoms with Gasteiger partial charge in [0.1, 0.15) is 0 Å². The van der Waals surface area contributed by atoms with Gasteiger partial charge in [0, 0.05) is 34.7 Å². The van der Waals surface area contributed by atoms with Crippen molar-refractivity contribution >= 4 is 16.6 Å². The van der Waals surface area contributed by atoms with Gasteiger partial charge in [0.05, 0.1) is 5.52 Å². The number of pyridine rings is 1. The van der Waals surface area contributed by atoms with E-state index in [1.165, 1.54) is 24.6 Å². The molecule has 0 bridgehead atoms. The standard InChI is InChI=1S/C19H23FN2O2/c1-3-13-8-9-21(11-13)16-7-4-14-10-17(24-20)19(23)22(15-5-6-15)18(14)12(16)2/h4,7,10,13,15H,3,5-6,8-9,11H2,1-2H3. The second kappa shape index (κ2) is 5.80. The Labute approximate surface area is 140 Å². The van der Waals surface area contributed by atoms with E-state index in [0.29, 0.717) is 0 Å². The normalized spacial score (nSPS) is 20.8. The van der Waals surface area contributed by atoms with Crippen LogP contribution in [0.1, 0.15) is 44.2 Å². The molecule has 2 heterocycles. The van der Waals surface area contributed by atoms with Gasteiger partial charge in [-0.1, -0.05) is 19.4 Å². The van der Waals surface area contributed by atoms with Crippen LogP contribution >= 0.6 is 0 Å². The second-order valence-electron chi connectivity index (χ2n) is 7.15. The Kier molecular flexibility index (Phi) is 3.74. The van der Waals surface area contributed by atoms with Crippen LogP contribution in [0.4, 0.5) is 10.2 Å². The van der Waals surface area contributed by atoms with Crippen LogP contribution in [0.2, 0.25) is 0 Å².